The monoisotopic (exact) mass is 314 g/mol. The summed E-state index contributed by atoms with van der Waals surface area (Å²) < 4.78 is 27.0. The quantitative estimate of drug-likeness (QED) is 0.663. The summed E-state index contributed by atoms with van der Waals surface area (Å²) in [6.07, 6.45) is 0.647. The first-order valence-electron chi connectivity index (χ1n) is 6.78. The highest BCUT2D eigenvalue weighted by atomic mass is 32.2. The molecule has 0 aromatic heterocycles. The van der Waals surface area contributed by atoms with Crippen LogP contribution in [0.3, 0.4) is 0 Å². The molecule has 0 fully saturated rings. The first-order chi connectivity index (χ1) is 9.72. The molecular weight excluding hydrogens is 292 g/mol. The molecule has 118 valence electrons. The number of sulfonamides is 1. The molecule has 1 aromatic carbocycles. The summed E-state index contributed by atoms with van der Waals surface area (Å²) in [6, 6.07) is 4.74. The number of amides is 1. The number of carbonyl (C=O) groups excluding carboxylic acids is 1. The van der Waals surface area contributed by atoms with Crippen molar-refractivity contribution in [2.24, 2.45) is 0 Å². The van der Waals surface area contributed by atoms with E-state index in [0.717, 1.165) is 0 Å². The molecule has 0 aliphatic heterocycles. The lowest BCUT2D eigenvalue weighted by molar-refractivity contribution is -0.114. The Bertz CT molecular complexity index is 597. The zero-order valence-corrected chi connectivity index (χ0v) is 13.3. The number of hydrogen-bond donors (Lipinski definition) is 3. The van der Waals surface area contributed by atoms with Gasteiger partial charge in [0.15, 0.2) is 0 Å². The Kier molecular flexibility index (Phi) is 6.32. The largest absolute Gasteiger partial charge is 0.393 e. The van der Waals surface area contributed by atoms with Gasteiger partial charge in [0.1, 0.15) is 0 Å². The average molecular weight is 314 g/mol. The van der Waals surface area contributed by atoms with E-state index in [1.807, 2.05) is 0 Å². The van der Waals surface area contributed by atoms with E-state index in [9.17, 15) is 13.2 Å². The second-order valence-electron chi connectivity index (χ2n) is 5.05. The molecule has 0 saturated carbocycles. The van der Waals surface area contributed by atoms with Gasteiger partial charge in [-0.1, -0.05) is 6.07 Å². The molecule has 0 aliphatic carbocycles. The van der Waals surface area contributed by atoms with Crippen LogP contribution < -0.4 is 10.0 Å². The van der Waals surface area contributed by atoms with E-state index in [1.165, 1.54) is 13.0 Å². The lowest BCUT2D eigenvalue weighted by atomic mass is 10.2. The Balaban J connectivity index is 2.84. The highest BCUT2D eigenvalue weighted by Crippen LogP contribution is 2.20. The zero-order chi connectivity index (χ0) is 16.0. The van der Waals surface area contributed by atoms with Crippen LogP contribution in [0.1, 0.15) is 32.3 Å². The number of nitrogens with one attached hydrogen (secondary N) is 2. The number of benzene rings is 1. The van der Waals surface area contributed by atoms with Gasteiger partial charge in [-0.15, -0.1) is 0 Å². The van der Waals surface area contributed by atoms with Crippen molar-refractivity contribution in [2.45, 2.75) is 44.6 Å². The van der Waals surface area contributed by atoms with Crippen molar-refractivity contribution in [1.29, 1.82) is 0 Å². The second-order valence-corrected chi connectivity index (χ2v) is 6.79. The Hall–Kier alpha value is -1.44. The lowest BCUT2D eigenvalue weighted by Gasteiger charge is -2.12. The molecule has 0 radical (unpaired) electrons. The van der Waals surface area contributed by atoms with Gasteiger partial charge in [0, 0.05) is 19.2 Å². The van der Waals surface area contributed by atoms with E-state index >= 15 is 0 Å². The molecule has 0 aliphatic rings. The Morgan fingerprint density at radius 1 is 1.38 bits per heavy atom. The fourth-order valence-electron chi connectivity index (χ4n) is 1.85. The van der Waals surface area contributed by atoms with Gasteiger partial charge in [-0.05, 0) is 44.4 Å². The van der Waals surface area contributed by atoms with Crippen LogP contribution in [0.15, 0.2) is 23.1 Å². The molecule has 21 heavy (non-hydrogen) atoms. The SMILES string of the molecule is CC(=O)Nc1ccc(C)c(S(=O)(=O)NCCCC(C)O)c1. The van der Waals surface area contributed by atoms with Crippen molar-refractivity contribution >= 4 is 21.6 Å². The minimum absolute atomic E-state index is 0.144. The van der Waals surface area contributed by atoms with Crippen LogP contribution in [0.5, 0.6) is 0 Å². The summed E-state index contributed by atoms with van der Waals surface area (Å²) in [5.41, 5.74) is 1.05. The summed E-state index contributed by atoms with van der Waals surface area (Å²) in [5.74, 6) is -0.257. The van der Waals surface area contributed by atoms with Gasteiger partial charge in [0.05, 0.1) is 11.0 Å². The van der Waals surface area contributed by atoms with Crippen LogP contribution >= 0.6 is 0 Å². The average Bonchev–Trinajstić information content (AvgIpc) is 2.36. The van der Waals surface area contributed by atoms with Gasteiger partial charge in [0.2, 0.25) is 15.9 Å². The van der Waals surface area contributed by atoms with Crippen LogP contribution in [0.25, 0.3) is 0 Å². The van der Waals surface area contributed by atoms with Crippen LogP contribution in [0.2, 0.25) is 0 Å². The number of anilines is 1. The van der Waals surface area contributed by atoms with Crippen LogP contribution in [-0.4, -0.2) is 32.1 Å². The van der Waals surface area contributed by atoms with Crippen molar-refractivity contribution in [1.82, 2.24) is 4.72 Å². The second kappa shape index (κ2) is 7.53. The van der Waals surface area contributed by atoms with E-state index in [4.69, 9.17) is 5.11 Å². The summed E-state index contributed by atoms with van der Waals surface area (Å²) >= 11 is 0. The molecule has 1 rings (SSSR count). The minimum atomic E-state index is -3.63. The molecule has 1 aromatic rings. The molecule has 3 N–H and O–H groups in total. The molecule has 6 nitrogen and oxygen atoms in total. The van der Waals surface area contributed by atoms with E-state index < -0.39 is 16.1 Å². The number of aliphatic hydroxyl groups is 1. The minimum Gasteiger partial charge on any atom is -0.393 e. The Morgan fingerprint density at radius 2 is 2.05 bits per heavy atom. The van der Waals surface area contributed by atoms with Crippen LogP contribution in [-0.2, 0) is 14.8 Å². The summed E-state index contributed by atoms with van der Waals surface area (Å²) in [6.45, 7) is 4.98. The summed E-state index contributed by atoms with van der Waals surface area (Å²) in [7, 11) is -3.63. The first-order valence-corrected chi connectivity index (χ1v) is 8.26. The van der Waals surface area contributed by atoms with Crippen molar-refractivity contribution < 1.29 is 18.3 Å². The van der Waals surface area contributed by atoms with Crippen molar-refractivity contribution in [3.05, 3.63) is 23.8 Å². The molecular formula is C14H22N2O4S. The number of carbonyl (C=O) groups is 1. The maximum atomic E-state index is 12.2. The maximum Gasteiger partial charge on any atom is 0.240 e. The van der Waals surface area contributed by atoms with Crippen molar-refractivity contribution in [3.63, 3.8) is 0 Å². The smallest absolute Gasteiger partial charge is 0.240 e. The van der Waals surface area contributed by atoms with Gasteiger partial charge in [-0.3, -0.25) is 4.79 Å². The Morgan fingerprint density at radius 3 is 2.62 bits per heavy atom. The third-order valence-electron chi connectivity index (χ3n) is 2.89. The molecule has 0 bridgehead atoms. The molecule has 0 spiro atoms. The van der Waals surface area contributed by atoms with E-state index in [2.05, 4.69) is 10.0 Å². The lowest BCUT2D eigenvalue weighted by Crippen LogP contribution is -2.26. The van der Waals surface area contributed by atoms with Gasteiger partial charge in [-0.2, -0.15) is 0 Å². The number of rotatable bonds is 7. The zero-order valence-electron chi connectivity index (χ0n) is 12.5. The predicted molar refractivity (Wildman–Crippen MR) is 81.6 cm³/mol. The molecule has 0 saturated heterocycles. The third-order valence-corrected chi connectivity index (χ3v) is 4.49. The van der Waals surface area contributed by atoms with Crippen LogP contribution in [0, 0.1) is 6.92 Å². The van der Waals surface area contributed by atoms with E-state index in [0.29, 0.717) is 24.1 Å². The highest BCUT2D eigenvalue weighted by Gasteiger charge is 2.17. The first kappa shape index (κ1) is 17.6. The summed E-state index contributed by atoms with van der Waals surface area (Å²) in [4.78, 5) is 11.2. The highest BCUT2D eigenvalue weighted by molar-refractivity contribution is 7.89. The summed E-state index contributed by atoms with van der Waals surface area (Å²) in [5, 5.41) is 11.7. The molecule has 1 atom stereocenters. The van der Waals surface area contributed by atoms with E-state index in [-0.39, 0.29) is 17.3 Å². The molecule has 1 unspecified atom stereocenters. The predicted octanol–water partition coefficient (Wildman–Crippen LogP) is 1.39. The van der Waals surface area contributed by atoms with Gasteiger partial charge >= 0.3 is 0 Å². The third kappa shape index (κ3) is 5.82. The fraction of sp³-hybridized carbons (Fsp3) is 0.500. The number of hydrogen-bond acceptors (Lipinski definition) is 4. The maximum absolute atomic E-state index is 12.2. The molecule has 7 heteroatoms. The molecule has 1 amide bonds. The fourth-order valence-corrected chi connectivity index (χ4v) is 3.19. The topological polar surface area (TPSA) is 95.5 Å². The standard InChI is InChI=1S/C14H22N2O4S/c1-10-6-7-13(16-12(3)18)9-14(10)21(19,20)15-8-4-5-11(2)17/h6-7,9,11,15,17H,4-5,8H2,1-3H3,(H,16,18). The van der Waals surface area contributed by atoms with Gasteiger partial charge in [0.25, 0.3) is 0 Å². The molecule has 0 heterocycles. The van der Waals surface area contributed by atoms with E-state index in [1.54, 1.807) is 26.0 Å². The van der Waals surface area contributed by atoms with Crippen molar-refractivity contribution in [3.8, 4) is 0 Å². The number of aliphatic hydroxyl groups excluding tert-OH is 1. The number of aryl methyl sites for hydroxylation is 1. The normalized spacial score (nSPS) is 13.0. The Labute approximate surface area is 125 Å². The van der Waals surface area contributed by atoms with Crippen molar-refractivity contribution in [2.75, 3.05) is 11.9 Å². The van der Waals surface area contributed by atoms with Crippen LogP contribution in [0.4, 0.5) is 5.69 Å². The van der Waals surface area contributed by atoms with Gasteiger partial charge < -0.3 is 10.4 Å². The van der Waals surface area contributed by atoms with Gasteiger partial charge in [-0.25, -0.2) is 13.1 Å².